The molecule has 4 heteroatoms. The van der Waals surface area contributed by atoms with Crippen LogP contribution in [0.1, 0.15) is 68.6 Å². The van der Waals surface area contributed by atoms with Crippen LogP contribution in [0.5, 0.6) is 11.5 Å². The quantitative estimate of drug-likeness (QED) is 0.401. The van der Waals surface area contributed by atoms with Crippen molar-refractivity contribution in [2.75, 3.05) is 20.8 Å². The third-order valence-electron chi connectivity index (χ3n) is 3.84. The first-order valence-electron chi connectivity index (χ1n) is 8.62. The average Bonchev–Trinajstić information content (AvgIpc) is 2.59. The normalized spacial score (nSPS) is 10.4. The Morgan fingerprint density at radius 2 is 1.57 bits per heavy atom. The Labute approximate surface area is 140 Å². The number of carbonyl (C=O) groups excluding carboxylic acids is 1. The number of unbranched alkanes of at least 4 members (excludes halogenated alkanes) is 7. The molecule has 0 aliphatic heterocycles. The zero-order valence-electron chi connectivity index (χ0n) is 14.7. The zero-order chi connectivity index (χ0) is 16.9. The molecule has 1 aromatic carbocycles. The molecule has 1 aromatic rings. The van der Waals surface area contributed by atoms with Gasteiger partial charge in [0.15, 0.2) is 11.5 Å². The van der Waals surface area contributed by atoms with Crippen LogP contribution in [-0.4, -0.2) is 26.8 Å². The van der Waals surface area contributed by atoms with E-state index in [4.69, 9.17) is 14.2 Å². The van der Waals surface area contributed by atoms with Crippen molar-refractivity contribution in [1.82, 2.24) is 0 Å². The van der Waals surface area contributed by atoms with Crippen molar-refractivity contribution in [3.8, 4) is 11.5 Å². The van der Waals surface area contributed by atoms with Crippen LogP contribution in [0.2, 0.25) is 0 Å². The molecule has 4 nitrogen and oxygen atoms in total. The second-order valence-electron chi connectivity index (χ2n) is 5.68. The summed E-state index contributed by atoms with van der Waals surface area (Å²) >= 11 is 0. The van der Waals surface area contributed by atoms with Crippen LogP contribution in [-0.2, 0) is 4.74 Å². The van der Waals surface area contributed by atoms with Crippen molar-refractivity contribution >= 4 is 5.97 Å². The molecule has 0 unspecified atom stereocenters. The minimum atomic E-state index is -0.377. The number of ether oxygens (including phenoxy) is 3. The van der Waals surface area contributed by atoms with Crippen LogP contribution >= 0.6 is 0 Å². The molecule has 23 heavy (non-hydrogen) atoms. The Bertz CT molecular complexity index is 457. The first-order valence-corrected chi connectivity index (χ1v) is 8.62. The fraction of sp³-hybridized carbons (Fsp3) is 0.632. The van der Waals surface area contributed by atoms with Crippen molar-refractivity contribution in [2.45, 2.75) is 58.3 Å². The van der Waals surface area contributed by atoms with E-state index in [1.54, 1.807) is 25.3 Å². The molecule has 0 aliphatic carbocycles. The molecule has 0 amide bonds. The van der Waals surface area contributed by atoms with E-state index in [1.807, 2.05) is 0 Å². The summed E-state index contributed by atoms with van der Waals surface area (Å²) in [6.45, 7) is 2.91. The lowest BCUT2D eigenvalue weighted by Crippen LogP contribution is -2.04. The van der Waals surface area contributed by atoms with Crippen LogP contribution in [0.25, 0.3) is 0 Å². The molecule has 0 bridgehead atoms. The van der Waals surface area contributed by atoms with Crippen molar-refractivity contribution in [1.29, 1.82) is 0 Å². The van der Waals surface area contributed by atoms with E-state index in [0.29, 0.717) is 23.7 Å². The third kappa shape index (κ3) is 7.40. The fourth-order valence-electron chi connectivity index (χ4n) is 2.45. The molecule has 0 aromatic heterocycles. The summed E-state index contributed by atoms with van der Waals surface area (Å²) in [6, 6.07) is 5.10. The number of carbonyl (C=O) groups is 1. The van der Waals surface area contributed by atoms with Gasteiger partial charge in [0.05, 0.1) is 26.4 Å². The van der Waals surface area contributed by atoms with E-state index in [0.717, 1.165) is 6.42 Å². The lowest BCUT2D eigenvalue weighted by atomic mass is 10.1. The zero-order valence-corrected chi connectivity index (χ0v) is 14.7. The molecule has 0 saturated heterocycles. The second-order valence-corrected chi connectivity index (χ2v) is 5.68. The predicted molar refractivity (Wildman–Crippen MR) is 92.4 cm³/mol. The topological polar surface area (TPSA) is 44.8 Å². The molecule has 0 radical (unpaired) electrons. The Balaban J connectivity index is 2.28. The highest BCUT2D eigenvalue weighted by Crippen LogP contribution is 2.28. The van der Waals surface area contributed by atoms with Gasteiger partial charge in [0.2, 0.25) is 0 Å². The van der Waals surface area contributed by atoms with Gasteiger partial charge in [-0.15, -0.1) is 0 Å². The summed E-state index contributed by atoms with van der Waals surface area (Å²) in [4.78, 5) is 11.5. The molecule has 0 atom stereocenters. The predicted octanol–water partition coefficient (Wildman–Crippen LogP) is 5.00. The number of hydrogen-bond acceptors (Lipinski definition) is 4. The van der Waals surface area contributed by atoms with Gasteiger partial charge in [0.25, 0.3) is 0 Å². The van der Waals surface area contributed by atoms with Gasteiger partial charge in [-0.05, 0) is 24.6 Å². The van der Waals surface area contributed by atoms with Crippen LogP contribution in [0.3, 0.4) is 0 Å². The summed E-state index contributed by atoms with van der Waals surface area (Å²) < 4.78 is 15.7. The maximum Gasteiger partial charge on any atom is 0.337 e. The molecule has 0 saturated carbocycles. The van der Waals surface area contributed by atoms with Gasteiger partial charge < -0.3 is 14.2 Å². The number of hydrogen-bond donors (Lipinski definition) is 0. The highest BCUT2D eigenvalue weighted by atomic mass is 16.5. The largest absolute Gasteiger partial charge is 0.493 e. The SMILES string of the molecule is CCCCCCCCCCOc1ccc(C(=O)OC)cc1OC. The van der Waals surface area contributed by atoms with E-state index >= 15 is 0 Å². The van der Waals surface area contributed by atoms with Gasteiger partial charge >= 0.3 is 5.97 Å². The van der Waals surface area contributed by atoms with Crippen molar-refractivity contribution in [3.05, 3.63) is 23.8 Å². The van der Waals surface area contributed by atoms with Crippen LogP contribution in [0.4, 0.5) is 0 Å². The van der Waals surface area contributed by atoms with Gasteiger partial charge in [-0.3, -0.25) is 0 Å². The van der Waals surface area contributed by atoms with Crippen molar-refractivity contribution in [3.63, 3.8) is 0 Å². The standard InChI is InChI=1S/C19H30O4/c1-4-5-6-7-8-9-10-11-14-23-17-13-12-16(19(20)22-3)15-18(17)21-2/h12-13,15H,4-11,14H2,1-3H3. The van der Waals surface area contributed by atoms with Crippen LogP contribution < -0.4 is 9.47 Å². The van der Waals surface area contributed by atoms with Crippen molar-refractivity contribution in [2.24, 2.45) is 0 Å². The summed E-state index contributed by atoms with van der Waals surface area (Å²) in [5.41, 5.74) is 0.462. The van der Waals surface area contributed by atoms with E-state index < -0.39 is 0 Å². The molecule has 0 heterocycles. The van der Waals surface area contributed by atoms with Gasteiger partial charge in [-0.2, -0.15) is 0 Å². The minimum absolute atomic E-state index is 0.377. The van der Waals surface area contributed by atoms with Crippen LogP contribution in [0, 0.1) is 0 Å². The molecular formula is C19H30O4. The average molecular weight is 322 g/mol. The first-order chi connectivity index (χ1) is 11.2. The number of benzene rings is 1. The molecular weight excluding hydrogens is 292 g/mol. The Morgan fingerprint density at radius 3 is 2.17 bits per heavy atom. The maximum atomic E-state index is 11.5. The number of esters is 1. The molecule has 0 aliphatic rings. The Kier molecular flexibility index (Phi) is 9.92. The first kappa shape index (κ1) is 19.3. The molecule has 0 N–H and O–H groups in total. The van der Waals surface area contributed by atoms with Gasteiger partial charge in [0.1, 0.15) is 0 Å². The monoisotopic (exact) mass is 322 g/mol. The lowest BCUT2D eigenvalue weighted by molar-refractivity contribution is 0.0600. The van der Waals surface area contributed by atoms with Gasteiger partial charge in [0, 0.05) is 0 Å². The molecule has 130 valence electrons. The Morgan fingerprint density at radius 1 is 0.913 bits per heavy atom. The highest BCUT2D eigenvalue weighted by molar-refractivity contribution is 5.90. The smallest absolute Gasteiger partial charge is 0.337 e. The third-order valence-corrected chi connectivity index (χ3v) is 3.84. The lowest BCUT2D eigenvalue weighted by Gasteiger charge is -2.11. The molecule has 0 fully saturated rings. The summed E-state index contributed by atoms with van der Waals surface area (Å²) in [6.07, 6.45) is 10.2. The van der Waals surface area contributed by atoms with E-state index in [-0.39, 0.29) is 5.97 Å². The number of methoxy groups -OCH3 is 2. The van der Waals surface area contributed by atoms with Gasteiger partial charge in [-0.1, -0.05) is 51.9 Å². The Hall–Kier alpha value is -1.71. The van der Waals surface area contributed by atoms with E-state index in [1.165, 1.54) is 52.1 Å². The minimum Gasteiger partial charge on any atom is -0.493 e. The second kappa shape index (κ2) is 11.8. The molecule has 0 spiro atoms. The fourth-order valence-corrected chi connectivity index (χ4v) is 2.45. The van der Waals surface area contributed by atoms with E-state index in [9.17, 15) is 4.79 Å². The summed E-state index contributed by atoms with van der Waals surface area (Å²) in [7, 11) is 2.93. The van der Waals surface area contributed by atoms with Gasteiger partial charge in [-0.25, -0.2) is 4.79 Å². The highest BCUT2D eigenvalue weighted by Gasteiger charge is 2.11. The maximum absolute atomic E-state index is 11.5. The summed E-state index contributed by atoms with van der Waals surface area (Å²) in [5, 5.41) is 0. The van der Waals surface area contributed by atoms with Crippen LogP contribution in [0.15, 0.2) is 18.2 Å². The number of rotatable bonds is 12. The van der Waals surface area contributed by atoms with Crippen molar-refractivity contribution < 1.29 is 19.0 Å². The summed E-state index contributed by atoms with van der Waals surface area (Å²) in [5.74, 6) is 0.855. The van der Waals surface area contributed by atoms with E-state index in [2.05, 4.69) is 6.92 Å². The molecule has 1 rings (SSSR count).